The molecule has 0 radical (unpaired) electrons. The molecule has 1 saturated heterocycles. The topological polar surface area (TPSA) is 41.3 Å². The van der Waals surface area contributed by atoms with E-state index in [1.807, 2.05) is 24.3 Å². The molecule has 1 aliphatic rings. The van der Waals surface area contributed by atoms with Gasteiger partial charge in [-0.2, -0.15) is 0 Å². The van der Waals surface area contributed by atoms with Gasteiger partial charge in [0.05, 0.1) is 24.1 Å². The minimum Gasteiger partial charge on any atom is -0.439 e. The molecule has 0 amide bonds. The van der Waals surface area contributed by atoms with Crippen molar-refractivity contribution >= 4 is 23.0 Å². The number of para-hydroxylation sites is 2. The second-order valence-corrected chi connectivity index (χ2v) is 6.98. The summed E-state index contributed by atoms with van der Waals surface area (Å²) in [5.41, 5.74) is 3.32. The van der Waals surface area contributed by atoms with Crippen molar-refractivity contribution < 1.29 is 4.42 Å². The number of piperidine rings is 1. The van der Waals surface area contributed by atoms with Crippen LogP contribution in [-0.4, -0.2) is 18.1 Å². The molecule has 134 valence electrons. The Kier molecular flexibility index (Phi) is 5.12. The molecule has 26 heavy (non-hydrogen) atoms. The van der Waals surface area contributed by atoms with Crippen LogP contribution in [-0.2, 0) is 6.54 Å². The van der Waals surface area contributed by atoms with Gasteiger partial charge in [-0.25, -0.2) is 4.98 Å². The fraction of sp³-hybridized carbons (Fsp3) is 0.286. The zero-order valence-electron chi connectivity index (χ0n) is 14.6. The monoisotopic (exact) mass is 367 g/mol. The van der Waals surface area contributed by atoms with Crippen LogP contribution in [0.3, 0.4) is 0 Å². The summed E-state index contributed by atoms with van der Waals surface area (Å²) >= 11 is 6.05. The number of nitrogens with one attached hydrogen (secondary N) is 1. The maximum absolute atomic E-state index is 6.05. The van der Waals surface area contributed by atoms with E-state index in [0.717, 1.165) is 30.1 Å². The number of hydrogen-bond donors (Lipinski definition) is 1. The first kappa shape index (κ1) is 17.0. The van der Waals surface area contributed by atoms with Crippen molar-refractivity contribution in [2.45, 2.75) is 25.8 Å². The summed E-state index contributed by atoms with van der Waals surface area (Å²) in [6, 6.07) is 16.1. The van der Waals surface area contributed by atoms with Crippen LogP contribution in [0.2, 0.25) is 5.02 Å². The van der Waals surface area contributed by atoms with Crippen LogP contribution < -0.4 is 10.2 Å². The van der Waals surface area contributed by atoms with Crippen LogP contribution >= 0.6 is 11.6 Å². The van der Waals surface area contributed by atoms with E-state index >= 15 is 0 Å². The SMILES string of the molecule is Clc1cccc(-c2cnc(CNc3ccccc3N3CCCCC3)o2)c1. The van der Waals surface area contributed by atoms with Gasteiger partial charge in [-0.15, -0.1) is 0 Å². The first-order valence-electron chi connectivity index (χ1n) is 9.08. The second-order valence-electron chi connectivity index (χ2n) is 6.55. The lowest BCUT2D eigenvalue weighted by Gasteiger charge is -2.30. The van der Waals surface area contributed by atoms with Crippen molar-refractivity contribution in [1.29, 1.82) is 0 Å². The number of benzene rings is 2. The highest BCUT2D eigenvalue weighted by Crippen LogP contribution is 2.29. The van der Waals surface area contributed by atoms with E-state index < -0.39 is 0 Å². The summed E-state index contributed by atoms with van der Waals surface area (Å²) < 4.78 is 5.89. The number of anilines is 2. The van der Waals surface area contributed by atoms with E-state index in [2.05, 4.69) is 39.5 Å². The van der Waals surface area contributed by atoms with E-state index in [0.29, 0.717) is 17.5 Å². The maximum Gasteiger partial charge on any atom is 0.214 e. The van der Waals surface area contributed by atoms with Crippen LogP contribution in [0.25, 0.3) is 11.3 Å². The molecule has 4 rings (SSSR count). The predicted octanol–water partition coefficient (Wildman–Crippen LogP) is 5.60. The number of nitrogens with zero attached hydrogens (tertiary/aromatic N) is 2. The molecule has 0 bridgehead atoms. The normalized spacial score (nSPS) is 14.4. The predicted molar refractivity (Wildman–Crippen MR) is 107 cm³/mol. The van der Waals surface area contributed by atoms with Gasteiger partial charge in [-0.1, -0.05) is 35.9 Å². The van der Waals surface area contributed by atoms with Gasteiger partial charge in [-0.3, -0.25) is 0 Å². The van der Waals surface area contributed by atoms with E-state index in [1.165, 1.54) is 24.9 Å². The Morgan fingerprint density at radius 3 is 2.73 bits per heavy atom. The third-order valence-electron chi connectivity index (χ3n) is 4.69. The first-order valence-corrected chi connectivity index (χ1v) is 9.46. The summed E-state index contributed by atoms with van der Waals surface area (Å²) in [5, 5.41) is 4.17. The molecule has 1 N–H and O–H groups in total. The van der Waals surface area contributed by atoms with Crippen molar-refractivity contribution in [3.05, 3.63) is 65.6 Å². The standard InChI is InChI=1S/C21H22ClN3O/c22-17-8-6-7-16(13-17)20-14-24-21(26-20)15-23-18-9-2-3-10-19(18)25-11-4-1-5-12-25/h2-3,6-10,13-14,23H,1,4-5,11-12,15H2. The Hall–Kier alpha value is -2.46. The van der Waals surface area contributed by atoms with Gasteiger partial charge in [0.2, 0.25) is 5.89 Å². The van der Waals surface area contributed by atoms with Crippen LogP contribution in [0, 0.1) is 0 Å². The number of hydrogen-bond acceptors (Lipinski definition) is 4. The Morgan fingerprint density at radius 2 is 1.88 bits per heavy atom. The van der Waals surface area contributed by atoms with Crippen LogP contribution in [0.1, 0.15) is 25.2 Å². The van der Waals surface area contributed by atoms with Gasteiger partial charge in [0.1, 0.15) is 0 Å². The molecule has 3 aromatic rings. The molecule has 0 aliphatic carbocycles. The molecule has 1 aromatic heterocycles. The Bertz CT molecular complexity index is 871. The maximum atomic E-state index is 6.05. The minimum absolute atomic E-state index is 0.547. The largest absolute Gasteiger partial charge is 0.439 e. The lowest BCUT2D eigenvalue weighted by atomic mass is 10.1. The number of halogens is 1. The Balaban J connectivity index is 1.47. The number of rotatable bonds is 5. The molecule has 2 heterocycles. The highest BCUT2D eigenvalue weighted by Gasteiger charge is 2.14. The van der Waals surface area contributed by atoms with Crippen LogP contribution in [0.5, 0.6) is 0 Å². The fourth-order valence-electron chi connectivity index (χ4n) is 3.37. The smallest absolute Gasteiger partial charge is 0.214 e. The quantitative estimate of drug-likeness (QED) is 0.637. The van der Waals surface area contributed by atoms with E-state index in [1.54, 1.807) is 6.20 Å². The molecule has 1 aliphatic heterocycles. The van der Waals surface area contributed by atoms with Gasteiger partial charge in [0, 0.05) is 23.7 Å². The van der Waals surface area contributed by atoms with Crippen molar-refractivity contribution in [2.24, 2.45) is 0 Å². The molecule has 0 atom stereocenters. The molecule has 4 nitrogen and oxygen atoms in total. The van der Waals surface area contributed by atoms with Crippen molar-refractivity contribution in [2.75, 3.05) is 23.3 Å². The summed E-state index contributed by atoms with van der Waals surface area (Å²) in [7, 11) is 0. The van der Waals surface area contributed by atoms with Gasteiger partial charge < -0.3 is 14.6 Å². The Labute approximate surface area is 158 Å². The van der Waals surface area contributed by atoms with Crippen LogP contribution in [0.15, 0.2) is 59.1 Å². The number of aromatic nitrogens is 1. The van der Waals surface area contributed by atoms with Gasteiger partial charge in [0.15, 0.2) is 5.76 Å². The molecular formula is C21H22ClN3O. The number of oxazole rings is 1. The molecule has 2 aromatic carbocycles. The fourth-order valence-corrected chi connectivity index (χ4v) is 3.56. The van der Waals surface area contributed by atoms with E-state index in [-0.39, 0.29) is 0 Å². The summed E-state index contributed by atoms with van der Waals surface area (Å²) in [5.74, 6) is 1.39. The molecule has 0 spiro atoms. The minimum atomic E-state index is 0.547. The lowest BCUT2D eigenvalue weighted by Crippen LogP contribution is -2.30. The zero-order valence-corrected chi connectivity index (χ0v) is 15.4. The highest BCUT2D eigenvalue weighted by atomic mass is 35.5. The van der Waals surface area contributed by atoms with Crippen molar-refractivity contribution in [1.82, 2.24) is 4.98 Å². The van der Waals surface area contributed by atoms with Gasteiger partial charge in [0.25, 0.3) is 0 Å². The Morgan fingerprint density at radius 1 is 1.04 bits per heavy atom. The third-order valence-corrected chi connectivity index (χ3v) is 4.93. The molecule has 0 unspecified atom stereocenters. The van der Waals surface area contributed by atoms with E-state index in [9.17, 15) is 0 Å². The highest BCUT2D eigenvalue weighted by molar-refractivity contribution is 6.30. The summed E-state index contributed by atoms with van der Waals surface area (Å²) in [6.07, 6.45) is 5.60. The first-order chi connectivity index (χ1) is 12.8. The third kappa shape index (κ3) is 3.86. The molecular weight excluding hydrogens is 346 g/mol. The summed E-state index contributed by atoms with van der Waals surface area (Å²) in [4.78, 5) is 6.85. The average Bonchev–Trinajstić information content (AvgIpc) is 3.16. The van der Waals surface area contributed by atoms with Crippen molar-refractivity contribution in [3.8, 4) is 11.3 Å². The second kappa shape index (κ2) is 7.83. The van der Waals surface area contributed by atoms with Gasteiger partial charge >= 0.3 is 0 Å². The van der Waals surface area contributed by atoms with E-state index in [4.69, 9.17) is 16.0 Å². The molecule has 5 heteroatoms. The summed E-state index contributed by atoms with van der Waals surface area (Å²) in [6.45, 7) is 2.79. The lowest BCUT2D eigenvalue weighted by molar-refractivity contribution is 0.516. The van der Waals surface area contributed by atoms with Crippen molar-refractivity contribution in [3.63, 3.8) is 0 Å². The van der Waals surface area contributed by atoms with Gasteiger partial charge in [-0.05, 0) is 43.5 Å². The average molecular weight is 368 g/mol. The van der Waals surface area contributed by atoms with Crippen LogP contribution in [0.4, 0.5) is 11.4 Å². The molecule has 0 saturated carbocycles. The molecule has 1 fully saturated rings. The zero-order chi connectivity index (χ0) is 17.8.